The summed E-state index contributed by atoms with van der Waals surface area (Å²) in [5.74, 6) is -5.16. The van der Waals surface area contributed by atoms with Crippen LogP contribution in [-0.2, 0) is 0 Å². The minimum atomic E-state index is -2.58. The van der Waals surface area contributed by atoms with Gasteiger partial charge in [-0.3, -0.25) is 11.5 Å². The zero-order chi connectivity index (χ0) is 7.83. The van der Waals surface area contributed by atoms with E-state index in [9.17, 15) is 8.78 Å². The fourth-order valence-electron chi connectivity index (χ4n) is 0.647. The zero-order valence-corrected chi connectivity index (χ0v) is 5.22. The van der Waals surface area contributed by atoms with Gasteiger partial charge in [0.15, 0.2) is 0 Å². The van der Waals surface area contributed by atoms with Crippen molar-refractivity contribution in [2.45, 2.75) is 11.6 Å². The molecule has 1 aliphatic carbocycles. The third-order valence-electron chi connectivity index (χ3n) is 1.38. The molecule has 0 aliphatic heterocycles. The molecule has 0 saturated carbocycles. The average Bonchev–Trinajstić information content (AvgIpc) is 1.77. The first kappa shape index (κ1) is 7.37. The lowest BCUT2D eigenvalue weighted by Crippen LogP contribution is -2.58. The first-order chi connectivity index (χ1) is 4.46. The number of halogens is 2. The van der Waals surface area contributed by atoms with Crippen molar-refractivity contribution in [3.63, 3.8) is 0 Å². The van der Waals surface area contributed by atoms with E-state index in [-0.39, 0.29) is 0 Å². The van der Waals surface area contributed by atoms with E-state index in [1.165, 1.54) is 12.2 Å². The summed E-state index contributed by atoms with van der Waals surface area (Å²) in [5, 5.41) is 0. The van der Waals surface area contributed by atoms with E-state index < -0.39 is 11.6 Å². The Morgan fingerprint density at radius 2 is 1.20 bits per heavy atom. The molecule has 0 amide bonds. The third kappa shape index (κ3) is 0.955. The van der Waals surface area contributed by atoms with E-state index in [1.54, 1.807) is 0 Å². The molecule has 0 bridgehead atoms. The molecule has 2 atom stereocenters. The summed E-state index contributed by atoms with van der Waals surface area (Å²) in [5.41, 5.74) is 9.70. The highest BCUT2D eigenvalue weighted by molar-refractivity contribution is 5.26. The van der Waals surface area contributed by atoms with Crippen molar-refractivity contribution in [1.29, 1.82) is 0 Å². The maximum absolute atomic E-state index is 12.8. The molecule has 0 aromatic carbocycles. The number of nitrogens with two attached hydrogens (primary N) is 2. The van der Waals surface area contributed by atoms with Crippen molar-refractivity contribution in [3.8, 4) is 0 Å². The quantitative estimate of drug-likeness (QED) is 0.485. The molecule has 4 N–H and O–H groups in total. The van der Waals surface area contributed by atoms with E-state index in [0.717, 1.165) is 12.2 Å². The maximum atomic E-state index is 12.8. The standard InChI is InChI=1S/C6H8F2N2/c7-5(9)3-1-2-4-6(5,8)10/h1-4H,9-10H2. The van der Waals surface area contributed by atoms with Crippen LogP contribution < -0.4 is 11.5 Å². The largest absolute Gasteiger partial charge is 0.292 e. The van der Waals surface area contributed by atoms with E-state index in [2.05, 4.69) is 0 Å². The fourth-order valence-corrected chi connectivity index (χ4v) is 0.647. The fraction of sp³-hybridized carbons (Fsp3) is 0.333. The molecule has 0 radical (unpaired) electrons. The van der Waals surface area contributed by atoms with Gasteiger partial charge in [-0.15, -0.1) is 0 Å². The lowest BCUT2D eigenvalue weighted by molar-refractivity contribution is 0.0405. The molecule has 1 rings (SSSR count). The predicted molar refractivity (Wildman–Crippen MR) is 34.3 cm³/mol. The molecule has 0 aromatic rings. The Hall–Kier alpha value is -0.740. The number of alkyl halides is 2. The zero-order valence-electron chi connectivity index (χ0n) is 5.22. The summed E-state index contributed by atoms with van der Waals surface area (Å²) in [4.78, 5) is 0. The van der Waals surface area contributed by atoms with Gasteiger partial charge in [0, 0.05) is 0 Å². The minimum absolute atomic E-state index is 0.882. The minimum Gasteiger partial charge on any atom is -0.292 e. The van der Waals surface area contributed by atoms with Crippen LogP contribution in [-0.4, -0.2) is 11.6 Å². The summed E-state index contributed by atoms with van der Waals surface area (Å²) in [6.45, 7) is 0. The van der Waals surface area contributed by atoms with Crippen LogP contribution in [0.15, 0.2) is 24.3 Å². The second-order valence-electron chi connectivity index (χ2n) is 2.25. The lowest BCUT2D eigenvalue weighted by atomic mass is 10.00. The number of hydrogen-bond donors (Lipinski definition) is 2. The van der Waals surface area contributed by atoms with Gasteiger partial charge in [-0.25, -0.2) is 8.78 Å². The molecule has 1 aliphatic rings. The highest BCUT2D eigenvalue weighted by Gasteiger charge is 2.44. The summed E-state index contributed by atoms with van der Waals surface area (Å²) in [6, 6.07) is 0. The van der Waals surface area contributed by atoms with Crippen molar-refractivity contribution in [2.75, 3.05) is 0 Å². The number of rotatable bonds is 0. The summed E-state index contributed by atoms with van der Waals surface area (Å²) in [6.07, 6.45) is 4.38. The van der Waals surface area contributed by atoms with E-state index in [1.807, 2.05) is 0 Å². The van der Waals surface area contributed by atoms with Crippen LogP contribution in [0.3, 0.4) is 0 Å². The molecule has 56 valence electrons. The molecule has 10 heavy (non-hydrogen) atoms. The Morgan fingerprint density at radius 3 is 1.40 bits per heavy atom. The van der Waals surface area contributed by atoms with Gasteiger partial charge in [-0.2, -0.15) is 0 Å². The van der Waals surface area contributed by atoms with E-state index in [4.69, 9.17) is 11.5 Å². The Kier molecular flexibility index (Phi) is 1.38. The van der Waals surface area contributed by atoms with E-state index >= 15 is 0 Å². The van der Waals surface area contributed by atoms with Gasteiger partial charge in [0.1, 0.15) is 0 Å². The SMILES string of the molecule is NC1(F)C=CC=CC1(N)F. The number of allylic oxidation sites excluding steroid dienone is 2. The average molecular weight is 146 g/mol. The van der Waals surface area contributed by atoms with Crippen molar-refractivity contribution >= 4 is 0 Å². The summed E-state index contributed by atoms with van der Waals surface area (Å²) < 4.78 is 25.6. The van der Waals surface area contributed by atoms with Crippen LogP contribution >= 0.6 is 0 Å². The van der Waals surface area contributed by atoms with Crippen LogP contribution in [0.5, 0.6) is 0 Å². The molecular formula is C6H8F2N2. The number of hydrogen-bond acceptors (Lipinski definition) is 2. The molecular weight excluding hydrogens is 138 g/mol. The summed E-state index contributed by atoms with van der Waals surface area (Å²) >= 11 is 0. The van der Waals surface area contributed by atoms with E-state index in [0.29, 0.717) is 0 Å². The van der Waals surface area contributed by atoms with Crippen molar-refractivity contribution < 1.29 is 8.78 Å². The van der Waals surface area contributed by atoms with Crippen molar-refractivity contribution in [3.05, 3.63) is 24.3 Å². The van der Waals surface area contributed by atoms with Crippen LogP contribution in [0.1, 0.15) is 0 Å². The first-order valence-corrected chi connectivity index (χ1v) is 2.78. The van der Waals surface area contributed by atoms with Crippen molar-refractivity contribution in [2.24, 2.45) is 11.5 Å². The Labute approximate surface area is 57.2 Å². The topological polar surface area (TPSA) is 52.0 Å². The second kappa shape index (κ2) is 1.87. The molecule has 0 aromatic heterocycles. The van der Waals surface area contributed by atoms with Crippen LogP contribution in [0.2, 0.25) is 0 Å². The third-order valence-corrected chi connectivity index (χ3v) is 1.38. The smallest absolute Gasteiger partial charge is 0.229 e. The second-order valence-corrected chi connectivity index (χ2v) is 2.25. The highest BCUT2D eigenvalue weighted by Crippen LogP contribution is 2.26. The Morgan fingerprint density at radius 1 is 0.900 bits per heavy atom. The molecule has 2 nitrogen and oxygen atoms in total. The summed E-state index contributed by atoms with van der Waals surface area (Å²) in [7, 11) is 0. The van der Waals surface area contributed by atoms with Crippen LogP contribution in [0, 0.1) is 0 Å². The van der Waals surface area contributed by atoms with Gasteiger partial charge < -0.3 is 0 Å². The van der Waals surface area contributed by atoms with Gasteiger partial charge in [0.2, 0.25) is 11.6 Å². The van der Waals surface area contributed by atoms with Gasteiger partial charge >= 0.3 is 0 Å². The van der Waals surface area contributed by atoms with Crippen LogP contribution in [0.25, 0.3) is 0 Å². The van der Waals surface area contributed by atoms with Gasteiger partial charge in [0.05, 0.1) is 0 Å². The van der Waals surface area contributed by atoms with Gasteiger partial charge in [0.25, 0.3) is 0 Å². The molecule has 2 unspecified atom stereocenters. The Balaban J connectivity index is 2.96. The molecule has 0 saturated heterocycles. The molecule has 0 fully saturated rings. The first-order valence-electron chi connectivity index (χ1n) is 2.78. The van der Waals surface area contributed by atoms with Gasteiger partial charge in [-0.05, 0) is 12.2 Å². The van der Waals surface area contributed by atoms with Gasteiger partial charge in [-0.1, -0.05) is 12.2 Å². The molecule has 4 heteroatoms. The highest BCUT2D eigenvalue weighted by atomic mass is 19.2. The van der Waals surface area contributed by atoms with Crippen molar-refractivity contribution in [1.82, 2.24) is 0 Å². The van der Waals surface area contributed by atoms with Crippen LogP contribution in [0.4, 0.5) is 8.78 Å². The predicted octanol–water partition coefficient (Wildman–Crippen LogP) is 0.361. The maximum Gasteiger partial charge on any atom is 0.229 e. The monoisotopic (exact) mass is 146 g/mol. The molecule has 0 spiro atoms. The molecule has 0 heterocycles. The Bertz CT molecular complexity index is 172. The lowest BCUT2D eigenvalue weighted by Gasteiger charge is -2.29. The normalized spacial score (nSPS) is 46.0.